The predicted molar refractivity (Wildman–Crippen MR) is 67.1 cm³/mol. The fourth-order valence-corrected chi connectivity index (χ4v) is 3.73. The van der Waals surface area contributed by atoms with Crippen molar-refractivity contribution in [3.05, 3.63) is 28.7 Å². The van der Waals surface area contributed by atoms with Crippen molar-refractivity contribution >= 4 is 26.0 Å². The molecule has 0 aromatic heterocycles. The van der Waals surface area contributed by atoms with E-state index >= 15 is 0 Å². The molecule has 1 aliphatic rings. The zero-order valence-corrected chi connectivity index (χ0v) is 12.1. The first-order valence-electron chi connectivity index (χ1n) is 5.53. The normalized spacial score (nSPS) is 21.8. The molecule has 1 fully saturated rings. The second kappa shape index (κ2) is 5.06. The van der Waals surface area contributed by atoms with Crippen molar-refractivity contribution in [1.82, 2.24) is 4.31 Å². The van der Waals surface area contributed by atoms with Crippen LogP contribution >= 0.6 is 15.9 Å². The van der Waals surface area contributed by atoms with Crippen LogP contribution in [0, 0.1) is 5.92 Å². The molecule has 1 aliphatic heterocycles. The van der Waals surface area contributed by atoms with Crippen molar-refractivity contribution in [3.63, 3.8) is 0 Å². The summed E-state index contributed by atoms with van der Waals surface area (Å²) in [6.07, 6.45) is -4.52. The highest BCUT2D eigenvalue weighted by atomic mass is 79.9. The van der Waals surface area contributed by atoms with E-state index in [1.54, 1.807) is 12.1 Å². The molecule has 0 amide bonds. The number of benzene rings is 1. The van der Waals surface area contributed by atoms with E-state index in [1.165, 1.54) is 12.1 Å². The number of sulfonamides is 1. The zero-order valence-electron chi connectivity index (χ0n) is 9.69. The molecule has 0 bridgehead atoms. The summed E-state index contributed by atoms with van der Waals surface area (Å²) in [5.74, 6) is -1.57. The smallest absolute Gasteiger partial charge is 0.207 e. The minimum absolute atomic E-state index is 0.0125. The summed E-state index contributed by atoms with van der Waals surface area (Å²) in [5.41, 5.74) is 0. The molecule has 1 heterocycles. The monoisotopic (exact) mass is 357 g/mol. The highest BCUT2D eigenvalue weighted by Crippen LogP contribution is 2.35. The van der Waals surface area contributed by atoms with Crippen molar-refractivity contribution in [2.75, 3.05) is 13.1 Å². The summed E-state index contributed by atoms with van der Waals surface area (Å²) in [7, 11) is -3.84. The van der Waals surface area contributed by atoms with Gasteiger partial charge in [-0.3, -0.25) is 0 Å². The topological polar surface area (TPSA) is 37.4 Å². The van der Waals surface area contributed by atoms with Gasteiger partial charge in [-0.25, -0.2) is 8.42 Å². The van der Waals surface area contributed by atoms with E-state index in [-0.39, 0.29) is 17.9 Å². The van der Waals surface area contributed by atoms with Gasteiger partial charge >= 0.3 is 6.18 Å². The van der Waals surface area contributed by atoms with E-state index in [0.29, 0.717) is 4.47 Å². The van der Waals surface area contributed by atoms with Crippen LogP contribution in [0.2, 0.25) is 0 Å². The van der Waals surface area contributed by atoms with Crippen molar-refractivity contribution in [1.29, 1.82) is 0 Å². The van der Waals surface area contributed by atoms with Gasteiger partial charge in [0.2, 0.25) is 10.0 Å². The number of nitrogens with zero attached hydrogens (tertiary/aromatic N) is 1. The third-order valence-corrected chi connectivity index (χ3v) is 5.47. The van der Waals surface area contributed by atoms with E-state index in [2.05, 4.69) is 15.9 Å². The lowest BCUT2D eigenvalue weighted by atomic mass is 10.1. The minimum atomic E-state index is -4.34. The molecule has 0 spiro atoms. The Morgan fingerprint density at radius 1 is 1.21 bits per heavy atom. The van der Waals surface area contributed by atoms with Crippen molar-refractivity contribution in [3.8, 4) is 0 Å². The standard InChI is InChI=1S/C11H11BrF3NO2S/c12-9-1-3-10(4-2-9)19(17,18)16-6-5-8(7-16)11(13,14)15/h1-4,8H,5-7H2. The molecule has 0 N–H and O–H groups in total. The summed E-state index contributed by atoms with van der Waals surface area (Å²) in [6, 6.07) is 5.84. The molecular formula is C11H11BrF3NO2S. The highest BCUT2D eigenvalue weighted by Gasteiger charge is 2.46. The van der Waals surface area contributed by atoms with Gasteiger partial charge in [-0.2, -0.15) is 17.5 Å². The molecule has 19 heavy (non-hydrogen) atoms. The van der Waals surface area contributed by atoms with Gasteiger partial charge < -0.3 is 0 Å². The maximum atomic E-state index is 12.5. The van der Waals surface area contributed by atoms with Crippen LogP contribution in [0.25, 0.3) is 0 Å². The second-order valence-electron chi connectivity index (χ2n) is 4.34. The Kier molecular flexibility index (Phi) is 3.95. The molecule has 1 saturated heterocycles. The van der Waals surface area contributed by atoms with Crippen molar-refractivity contribution in [2.45, 2.75) is 17.5 Å². The lowest BCUT2D eigenvalue weighted by Crippen LogP contribution is -2.32. The van der Waals surface area contributed by atoms with Crippen molar-refractivity contribution < 1.29 is 21.6 Å². The number of halogens is 4. The molecular weight excluding hydrogens is 347 g/mol. The largest absolute Gasteiger partial charge is 0.393 e. The fourth-order valence-electron chi connectivity index (χ4n) is 1.97. The van der Waals surface area contributed by atoms with E-state index in [1.807, 2.05) is 0 Å². The lowest BCUT2D eigenvalue weighted by Gasteiger charge is -2.18. The third kappa shape index (κ3) is 3.11. The van der Waals surface area contributed by atoms with Gasteiger partial charge in [-0.15, -0.1) is 0 Å². The van der Waals surface area contributed by atoms with E-state index < -0.39 is 28.7 Å². The van der Waals surface area contributed by atoms with Crippen LogP contribution in [0.5, 0.6) is 0 Å². The highest BCUT2D eigenvalue weighted by molar-refractivity contribution is 9.10. The summed E-state index contributed by atoms with van der Waals surface area (Å²) in [6.45, 7) is -0.593. The SMILES string of the molecule is O=S(=O)(c1ccc(Br)cc1)N1CCC(C(F)(F)F)C1. The van der Waals surface area contributed by atoms with Crippen LogP contribution < -0.4 is 0 Å². The summed E-state index contributed by atoms with van der Waals surface area (Å²) in [5, 5.41) is 0. The van der Waals surface area contributed by atoms with Crippen LogP contribution in [0.3, 0.4) is 0 Å². The number of alkyl halides is 3. The van der Waals surface area contributed by atoms with Gasteiger partial charge in [-0.1, -0.05) is 15.9 Å². The van der Waals surface area contributed by atoms with Gasteiger partial charge in [-0.05, 0) is 30.7 Å². The maximum Gasteiger partial charge on any atom is 0.393 e. The van der Waals surface area contributed by atoms with E-state index in [0.717, 1.165) is 4.31 Å². The number of hydrogen-bond acceptors (Lipinski definition) is 2. The van der Waals surface area contributed by atoms with Gasteiger partial charge in [0.15, 0.2) is 0 Å². The Morgan fingerprint density at radius 2 is 1.79 bits per heavy atom. The summed E-state index contributed by atoms with van der Waals surface area (Å²) < 4.78 is 63.6. The summed E-state index contributed by atoms with van der Waals surface area (Å²) in [4.78, 5) is 0.0125. The molecule has 106 valence electrons. The van der Waals surface area contributed by atoms with Crippen LogP contribution in [0.1, 0.15) is 6.42 Å². The summed E-state index contributed by atoms with van der Waals surface area (Å²) >= 11 is 3.17. The molecule has 0 radical (unpaired) electrons. The second-order valence-corrected chi connectivity index (χ2v) is 7.20. The van der Waals surface area contributed by atoms with Gasteiger partial charge in [0, 0.05) is 17.6 Å². The van der Waals surface area contributed by atoms with Crippen LogP contribution in [-0.4, -0.2) is 32.0 Å². The molecule has 3 nitrogen and oxygen atoms in total. The lowest BCUT2D eigenvalue weighted by molar-refractivity contribution is -0.169. The first-order valence-corrected chi connectivity index (χ1v) is 7.77. The van der Waals surface area contributed by atoms with Crippen LogP contribution in [-0.2, 0) is 10.0 Å². The third-order valence-electron chi connectivity index (χ3n) is 3.07. The maximum absolute atomic E-state index is 12.5. The first-order chi connectivity index (χ1) is 8.71. The zero-order chi connectivity index (χ0) is 14.3. The number of rotatable bonds is 2. The fraction of sp³-hybridized carbons (Fsp3) is 0.455. The minimum Gasteiger partial charge on any atom is -0.207 e. The van der Waals surface area contributed by atoms with E-state index in [4.69, 9.17) is 0 Å². The van der Waals surface area contributed by atoms with E-state index in [9.17, 15) is 21.6 Å². The average Bonchev–Trinajstić information content (AvgIpc) is 2.79. The molecule has 1 atom stereocenters. The predicted octanol–water partition coefficient (Wildman–Crippen LogP) is 3.02. The Morgan fingerprint density at radius 3 is 2.26 bits per heavy atom. The quantitative estimate of drug-likeness (QED) is 0.815. The Hall–Kier alpha value is -0.600. The van der Waals surface area contributed by atoms with Gasteiger partial charge in [0.25, 0.3) is 0 Å². The molecule has 0 saturated carbocycles. The van der Waals surface area contributed by atoms with Gasteiger partial charge in [0.1, 0.15) is 0 Å². The Balaban J connectivity index is 2.21. The molecule has 0 aliphatic carbocycles. The van der Waals surface area contributed by atoms with Crippen molar-refractivity contribution in [2.24, 2.45) is 5.92 Å². The molecule has 1 aromatic rings. The molecule has 1 aromatic carbocycles. The Labute approximate surface area is 117 Å². The number of hydrogen-bond donors (Lipinski definition) is 0. The first kappa shape index (κ1) is 14.8. The Bertz CT molecular complexity index is 556. The van der Waals surface area contributed by atoms with Crippen LogP contribution in [0.15, 0.2) is 33.6 Å². The average molecular weight is 358 g/mol. The van der Waals surface area contributed by atoms with Gasteiger partial charge in [0.05, 0.1) is 10.8 Å². The molecule has 1 unspecified atom stereocenters. The molecule has 2 rings (SSSR count). The van der Waals surface area contributed by atoms with Crippen LogP contribution in [0.4, 0.5) is 13.2 Å². The molecule has 8 heteroatoms.